The van der Waals surface area contributed by atoms with Crippen LogP contribution in [0.1, 0.15) is 27.7 Å². The van der Waals surface area contributed by atoms with Crippen molar-refractivity contribution in [3.8, 4) is 0 Å². The van der Waals surface area contributed by atoms with E-state index in [0.717, 1.165) is 0 Å². The van der Waals surface area contributed by atoms with Gasteiger partial charge >= 0.3 is 0 Å². The molecule has 2 heterocycles. The molecular weight excluding hydrogens is 415 g/mol. The molecule has 3 aromatic rings. The Morgan fingerprint density at radius 3 is 2.72 bits per heavy atom. The highest BCUT2D eigenvalue weighted by molar-refractivity contribution is 6.02. The number of aliphatic hydroxyl groups excluding tert-OH is 1. The second-order valence-corrected chi connectivity index (χ2v) is 7.31. The zero-order valence-corrected chi connectivity index (χ0v) is 17.0. The first kappa shape index (κ1) is 21.5. The molecule has 2 N–H and O–H groups in total. The molecule has 164 valence electrons. The zero-order valence-electron chi connectivity index (χ0n) is 17.0. The summed E-state index contributed by atoms with van der Waals surface area (Å²) < 4.78 is 19.5. The lowest BCUT2D eigenvalue weighted by Crippen LogP contribution is -2.51. The Morgan fingerprint density at radius 1 is 1.22 bits per heavy atom. The number of nitrogens with zero attached hydrogens (tertiary/aromatic N) is 3. The molecule has 8 nitrogen and oxygen atoms in total. The van der Waals surface area contributed by atoms with Crippen LogP contribution < -0.4 is 5.32 Å². The molecule has 1 aliphatic heterocycles. The third-order valence-electron chi connectivity index (χ3n) is 5.20. The Labute approximate surface area is 183 Å². The Hall–Kier alpha value is -3.69. The molecular formula is C23H21FN4O4. The lowest BCUT2D eigenvalue weighted by atomic mass is 9.99. The summed E-state index contributed by atoms with van der Waals surface area (Å²) in [6, 6.07) is 12.1. The maximum atomic E-state index is 14.1. The van der Waals surface area contributed by atoms with Crippen molar-refractivity contribution in [2.24, 2.45) is 0 Å². The highest BCUT2D eigenvalue weighted by Crippen LogP contribution is 2.27. The second kappa shape index (κ2) is 9.63. The monoisotopic (exact) mass is 436 g/mol. The minimum Gasteiger partial charge on any atom is -0.386 e. The summed E-state index contributed by atoms with van der Waals surface area (Å²) in [6.45, 7) is 0.0282. The van der Waals surface area contributed by atoms with Gasteiger partial charge in [-0.25, -0.2) is 9.37 Å². The van der Waals surface area contributed by atoms with E-state index in [1.807, 2.05) is 0 Å². The first-order valence-electron chi connectivity index (χ1n) is 9.99. The number of amides is 2. The molecule has 9 heteroatoms. The number of carbonyl (C=O) groups excluding carboxylic acids is 2. The van der Waals surface area contributed by atoms with Crippen LogP contribution in [0.2, 0.25) is 0 Å². The SMILES string of the molecule is O=C(Nc1ccc([C@@H](O)[C@H]2COCC(=O)N2Cc2ccccc2F)cc1)c1cnccn1. The molecule has 32 heavy (non-hydrogen) atoms. The third-order valence-corrected chi connectivity index (χ3v) is 5.20. The number of aliphatic hydroxyl groups is 1. The molecule has 1 aromatic heterocycles. The smallest absolute Gasteiger partial charge is 0.275 e. The number of hydrogen-bond donors (Lipinski definition) is 2. The predicted molar refractivity (Wildman–Crippen MR) is 113 cm³/mol. The maximum Gasteiger partial charge on any atom is 0.275 e. The number of ether oxygens (including phenoxy) is 1. The minimum absolute atomic E-state index is 0.0306. The quantitative estimate of drug-likeness (QED) is 0.615. The van der Waals surface area contributed by atoms with Gasteiger partial charge < -0.3 is 20.1 Å². The Kier molecular flexibility index (Phi) is 6.48. The van der Waals surface area contributed by atoms with Crippen LogP contribution in [0.5, 0.6) is 0 Å². The Balaban J connectivity index is 1.48. The number of carbonyl (C=O) groups is 2. The van der Waals surface area contributed by atoms with Crippen LogP contribution >= 0.6 is 0 Å². The lowest BCUT2D eigenvalue weighted by molar-refractivity contribution is -0.155. The molecule has 1 aliphatic rings. The van der Waals surface area contributed by atoms with Gasteiger partial charge in [-0.3, -0.25) is 14.6 Å². The number of aromatic nitrogens is 2. The molecule has 2 aromatic carbocycles. The van der Waals surface area contributed by atoms with Gasteiger partial charge in [0.25, 0.3) is 5.91 Å². The standard InChI is InChI=1S/C23H21FN4O4/c24-18-4-2-1-3-16(18)12-28-20(13-32-14-21(28)29)22(30)15-5-7-17(8-6-15)27-23(31)19-11-25-9-10-26-19/h1-11,20,22,30H,12-14H2,(H,27,31)/t20-,22-/m1/s1. The summed E-state index contributed by atoms with van der Waals surface area (Å²) in [5, 5.41) is 13.7. The molecule has 0 bridgehead atoms. The molecule has 0 saturated carbocycles. The number of halogens is 1. The van der Waals surface area contributed by atoms with Gasteiger partial charge in [-0.15, -0.1) is 0 Å². The molecule has 2 atom stereocenters. The molecule has 4 rings (SSSR count). The minimum atomic E-state index is -1.06. The average Bonchev–Trinajstić information content (AvgIpc) is 2.82. The van der Waals surface area contributed by atoms with Crippen molar-refractivity contribution in [3.63, 3.8) is 0 Å². The van der Waals surface area contributed by atoms with Gasteiger partial charge in [0.2, 0.25) is 5.91 Å². The van der Waals surface area contributed by atoms with Crippen molar-refractivity contribution in [1.82, 2.24) is 14.9 Å². The van der Waals surface area contributed by atoms with Crippen molar-refractivity contribution in [3.05, 3.63) is 89.8 Å². The van der Waals surface area contributed by atoms with Gasteiger partial charge in [-0.2, -0.15) is 0 Å². The van der Waals surface area contributed by atoms with Crippen molar-refractivity contribution >= 4 is 17.5 Å². The van der Waals surface area contributed by atoms with E-state index in [-0.39, 0.29) is 31.4 Å². The van der Waals surface area contributed by atoms with E-state index in [4.69, 9.17) is 4.74 Å². The van der Waals surface area contributed by atoms with Gasteiger partial charge in [0, 0.05) is 30.2 Å². The van der Waals surface area contributed by atoms with E-state index < -0.39 is 23.9 Å². The van der Waals surface area contributed by atoms with Gasteiger partial charge in [0.1, 0.15) is 24.2 Å². The summed E-state index contributed by atoms with van der Waals surface area (Å²) >= 11 is 0. The molecule has 1 fully saturated rings. The maximum absolute atomic E-state index is 14.1. The lowest BCUT2D eigenvalue weighted by Gasteiger charge is -2.38. The number of rotatable bonds is 6. The fourth-order valence-electron chi connectivity index (χ4n) is 3.50. The zero-order chi connectivity index (χ0) is 22.5. The summed E-state index contributed by atoms with van der Waals surface area (Å²) in [5.74, 6) is -1.15. The average molecular weight is 436 g/mol. The van der Waals surface area contributed by atoms with Crippen LogP contribution in [-0.2, 0) is 16.1 Å². The first-order chi connectivity index (χ1) is 15.5. The number of hydrogen-bond acceptors (Lipinski definition) is 6. The van der Waals surface area contributed by atoms with Crippen LogP contribution in [0.4, 0.5) is 10.1 Å². The molecule has 0 radical (unpaired) electrons. The van der Waals surface area contributed by atoms with Gasteiger partial charge in [0.05, 0.1) is 18.8 Å². The molecule has 2 amide bonds. The van der Waals surface area contributed by atoms with E-state index >= 15 is 0 Å². The van der Waals surface area contributed by atoms with E-state index in [0.29, 0.717) is 16.8 Å². The van der Waals surface area contributed by atoms with Crippen LogP contribution in [0.15, 0.2) is 67.1 Å². The van der Waals surface area contributed by atoms with Crippen molar-refractivity contribution in [2.75, 3.05) is 18.5 Å². The molecule has 0 aliphatic carbocycles. The largest absolute Gasteiger partial charge is 0.386 e. The van der Waals surface area contributed by atoms with E-state index in [1.54, 1.807) is 42.5 Å². The summed E-state index contributed by atoms with van der Waals surface area (Å²) in [5.41, 5.74) is 1.58. The fraction of sp³-hybridized carbons (Fsp3) is 0.217. The first-order valence-corrected chi connectivity index (χ1v) is 9.99. The van der Waals surface area contributed by atoms with Gasteiger partial charge in [0.15, 0.2) is 0 Å². The Bertz CT molecular complexity index is 1090. The Morgan fingerprint density at radius 2 is 2.00 bits per heavy atom. The van der Waals surface area contributed by atoms with Crippen LogP contribution in [-0.4, -0.2) is 51.0 Å². The number of benzene rings is 2. The summed E-state index contributed by atoms with van der Waals surface area (Å²) in [4.78, 5) is 33.9. The topological polar surface area (TPSA) is 105 Å². The van der Waals surface area contributed by atoms with Crippen LogP contribution in [0.25, 0.3) is 0 Å². The molecule has 0 spiro atoms. The number of anilines is 1. The van der Waals surface area contributed by atoms with Crippen LogP contribution in [0.3, 0.4) is 0 Å². The molecule has 1 saturated heterocycles. The van der Waals surface area contributed by atoms with E-state index in [2.05, 4.69) is 15.3 Å². The second-order valence-electron chi connectivity index (χ2n) is 7.31. The highest BCUT2D eigenvalue weighted by Gasteiger charge is 2.35. The fourth-order valence-corrected chi connectivity index (χ4v) is 3.50. The van der Waals surface area contributed by atoms with Crippen molar-refractivity contribution in [2.45, 2.75) is 18.7 Å². The van der Waals surface area contributed by atoms with Gasteiger partial charge in [-0.1, -0.05) is 30.3 Å². The van der Waals surface area contributed by atoms with Crippen molar-refractivity contribution < 1.29 is 23.8 Å². The summed E-state index contributed by atoms with van der Waals surface area (Å²) in [7, 11) is 0. The molecule has 0 unspecified atom stereocenters. The number of nitrogens with one attached hydrogen (secondary N) is 1. The number of morpholine rings is 1. The van der Waals surface area contributed by atoms with Gasteiger partial charge in [-0.05, 0) is 23.8 Å². The van der Waals surface area contributed by atoms with Crippen LogP contribution in [0, 0.1) is 5.82 Å². The normalized spacial score (nSPS) is 17.1. The van der Waals surface area contributed by atoms with Crippen molar-refractivity contribution in [1.29, 1.82) is 0 Å². The predicted octanol–water partition coefficient (Wildman–Crippen LogP) is 2.33. The highest BCUT2D eigenvalue weighted by atomic mass is 19.1. The summed E-state index contributed by atoms with van der Waals surface area (Å²) in [6.07, 6.45) is 3.20. The van der Waals surface area contributed by atoms with E-state index in [1.165, 1.54) is 29.6 Å². The third kappa shape index (κ3) is 4.79. The van der Waals surface area contributed by atoms with E-state index in [9.17, 15) is 19.1 Å².